The lowest BCUT2D eigenvalue weighted by atomic mass is 10.1. The van der Waals surface area contributed by atoms with Crippen LogP contribution >= 0.6 is 0 Å². The average Bonchev–Trinajstić information content (AvgIpc) is 3.31. The first-order valence-electron chi connectivity index (χ1n) is 10.6. The zero-order chi connectivity index (χ0) is 23.0. The van der Waals surface area contributed by atoms with Crippen molar-refractivity contribution < 1.29 is 9.59 Å². The second kappa shape index (κ2) is 10.3. The quantitative estimate of drug-likeness (QED) is 0.386. The largest absolute Gasteiger partial charge is 0.348 e. The normalized spacial score (nSPS) is 10.5. The number of aryl methyl sites for hydroxylation is 1. The van der Waals surface area contributed by atoms with E-state index in [0.29, 0.717) is 24.3 Å². The average molecular weight is 440 g/mol. The van der Waals surface area contributed by atoms with Crippen LogP contribution in [0.15, 0.2) is 91.3 Å². The van der Waals surface area contributed by atoms with Crippen LogP contribution in [0.5, 0.6) is 0 Å². The number of nitrogens with zero attached hydrogens (tertiary/aromatic N) is 2. The molecule has 0 spiro atoms. The van der Waals surface area contributed by atoms with E-state index in [0.717, 1.165) is 22.4 Å². The first kappa shape index (κ1) is 21.8. The SMILES string of the molecule is Cc1cccc(NC(=O)Nc2cccc(CNC(=O)c3ccc(Cn4cccn4)cc3)c2)c1. The highest BCUT2D eigenvalue weighted by Crippen LogP contribution is 2.14. The smallest absolute Gasteiger partial charge is 0.323 e. The monoisotopic (exact) mass is 439 g/mol. The van der Waals surface area contributed by atoms with E-state index in [2.05, 4.69) is 21.0 Å². The molecule has 0 atom stereocenters. The Morgan fingerprint density at radius 1 is 0.848 bits per heavy atom. The fourth-order valence-corrected chi connectivity index (χ4v) is 3.40. The van der Waals surface area contributed by atoms with E-state index in [1.165, 1.54) is 0 Å². The van der Waals surface area contributed by atoms with E-state index in [-0.39, 0.29) is 11.9 Å². The van der Waals surface area contributed by atoms with Gasteiger partial charge in [0.2, 0.25) is 0 Å². The molecule has 0 saturated carbocycles. The predicted molar refractivity (Wildman–Crippen MR) is 129 cm³/mol. The second-order valence-electron chi connectivity index (χ2n) is 7.73. The molecule has 3 amide bonds. The van der Waals surface area contributed by atoms with Crippen LogP contribution in [0.2, 0.25) is 0 Å². The van der Waals surface area contributed by atoms with Crippen LogP contribution in [-0.4, -0.2) is 21.7 Å². The lowest BCUT2D eigenvalue weighted by Gasteiger charge is -2.10. The fourth-order valence-electron chi connectivity index (χ4n) is 3.40. The summed E-state index contributed by atoms with van der Waals surface area (Å²) >= 11 is 0. The van der Waals surface area contributed by atoms with Gasteiger partial charge in [0.1, 0.15) is 0 Å². The van der Waals surface area contributed by atoms with Crippen LogP contribution in [0, 0.1) is 6.92 Å². The van der Waals surface area contributed by atoms with E-state index in [1.807, 2.05) is 90.6 Å². The molecule has 4 rings (SSSR count). The Labute approximate surface area is 192 Å². The number of benzene rings is 3. The molecule has 0 saturated heterocycles. The standard InChI is InChI=1S/C26H25N5O2/c1-19-5-2-7-23(15-19)29-26(33)30-24-8-3-6-21(16-24)17-27-25(32)22-11-9-20(10-12-22)18-31-14-4-13-28-31/h2-16H,17-18H2,1H3,(H,27,32)(H2,29,30,33). The van der Waals surface area contributed by atoms with Crippen molar-refractivity contribution in [3.8, 4) is 0 Å². The van der Waals surface area contributed by atoms with Crippen molar-refractivity contribution in [3.05, 3.63) is 114 Å². The van der Waals surface area contributed by atoms with Crippen molar-refractivity contribution in [2.24, 2.45) is 0 Å². The Morgan fingerprint density at radius 3 is 2.27 bits per heavy atom. The minimum absolute atomic E-state index is 0.156. The summed E-state index contributed by atoms with van der Waals surface area (Å²) in [7, 11) is 0. The lowest BCUT2D eigenvalue weighted by Crippen LogP contribution is -2.23. The third kappa shape index (κ3) is 6.30. The number of anilines is 2. The zero-order valence-corrected chi connectivity index (χ0v) is 18.3. The highest BCUT2D eigenvalue weighted by atomic mass is 16.2. The Bertz CT molecular complexity index is 1230. The third-order valence-electron chi connectivity index (χ3n) is 5.03. The molecule has 0 aliphatic heterocycles. The minimum Gasteiger partial charge on any atom is -0.348 e. The number of rotatable bonds is 7. The Balaban J connectivity index is 1.30. The molecule has 166 valence electrons. The van der Waals surface area contributed by atoms with Gasteiger partial charge in [-0.1, -0.05) is 36.4 Å². The van der Waals surface area contributed by atoms with E-state index >= 15 is 0 Å². The first-order valence-corrected chi connectivity index (χ1v) is 10.6. The van der Waals surface area contributed by atoms with Crippen LogP contribution in [0.25, 0.3) is 0 Å². The maximum absolute atomic E-state index is 12.5. The van der Waals surface area contributed by atoms with Gasteiger partial charge in [-0.05, 0) is 66.1 Å². The highest BCUT2D eigenvalue weighted by molar-refractivity contribution is 5.99. The van der Waals surface area contributed by atoms with Crippen LogP contribution in [-0.2, 0) is 13.1 Å². The maximum Gasteiger partial charge on any atom is 0.323 e. The van der Waals surface area contributed by atoms with Gasteiger partial charge in [-0.3, -0.25) is 9.48 Å². The van der Waals surface area contributed by atoms with Gasteiger partial charge in [0.05, 0.1) is 6.54 Å². The highest BCUT2D eigenvalue weighted by Gasteiger charge is 2.07. The van der Waals surface area contributed by atoms with Gasteiger partial charge in [0.15, 0.2) is 0 Å². The van der Waals surface area contributed by atoms with Gasteiger partial charge in [0.25, 0.3) is 5.91 Å². The molecule has 1 aromatic heterocycles. The molecular weight excluding hydrogens is 414 g/mol. The molecule has 0 fully saturated rings. The number of carbonyl (C=O) groups excluding carboxylic acids is 2. The molecule has 33 heavy (non-hydrogen) atoms. The molecule has 3 N–H and O–H groups in total. The molecular formula is C26H25N5O2. The van der Waals surface area contributed by atoms with Crippen molar-refractivity contribution in [3.63, 3.8) is 0 Å². The number of nitrogens with one attached hydrogen (secondary N) is 3. The Kier molecular flexibility index (Phi) is 6.80. The van der Waals surface area contributed by atoms with E-state index in [1.54, 1.807) is 12.3 Å². The van der Waals surface area contributed by atoms with Gasteiger partial charge in [-0.2, -0.15) is 5.10 Å². The molecule has 0 radical (unpaired) electrons. The van der Waals surface area contributed by atoms with Crippen LogP contribution < -0.4 is 16.0 Å². The van der Waals surface area contributed by atoms with E-state index < -0.39 is 0 Å². The molecule has 4 aromatic rings. The molecule has 7 nitrogen and oxygen atoms in total. The number of aromatic nitrogens is 2. The van der Waals surface area contributed by atoms with Crippen molar-refractivity contribution in [2.45, 2.75) is 20.0 Å². The van der Waals surface area contributed by atoms with Crippen molar-refractivity contribution in [1.29, 1.82) is 0 Å². The van der Waals surface area contributed by atoms with Crippen molar-refractivity contribution in [1.82, 2.24) is 15.1 Å². The Morgan fingerprint density at radius 2 is 1.58 bits per heavy atom. The zero-order valence-electron chi connectivity index (χ0n) is 18.3. The second-order valence-corrected chi connectivity index (χ2v) is 7.73. The molecule has 1 heterocycles. The van der Waals surface area contributed by atoms with Gasteiger partial charge in [0, 0.05) is 35.9 Å². The molecule has 0 aliphatic carbocycles. The van der Waals surface area contributed by atoms with Gasteiger partial charge >= 0.3 is 6.03 Å². The summed E-state index contributed by atoms with van der Waals surface area (Å²) in [6.45, 7) is 2.98. The first-order chi connectivity index (χ1) is 16.0. The van der Waals surface area contributed by atoms with Crippen molar-refractivity contribution >= 4 is 23.3 Å². The van der Waals surface area contributed by atoms with Crippen LogP contribution in [0.1, 0.15) is 27.0 Å². The van der Waals surface area contributed by atoms with E-state index in [9.17, 15) is 9.59 Å². The topological polar surface area (TPSA) is 88.0 Å². The summed E-state index contributed by atoms with van der Waals surface area (Å²) in [6, 6.07) is 24.0. The Hall–Kier alpha value is -4.39. The van der Waals surface area contributed by atoms with Crippen molar-refractivity contribution in [2.75, 3.05) is 10.6 Å². The lowest BCUT2D eigenvalue weighted by molar-refractivity contribution is 0.0951. The molecule has 3 aromatic carbocycles. The summed E-state index contributed by atoms with van der Waals surface area (Å²) < 4.78 is 1.83. The number of urea groups is 1. The molecule has 0 aliphatic rings. The van der Waals surface area contributed by atoms with Crippen LogP contribution in [0.4, 0.5) is 16.2 Å². The summed E-state index contributed by atoms with van der Waals surface area (Å²) in [4.78, 5) is 24.8. The summed E-state index contributed by atoms with van der Waals surface area (Å²) in [6.07, 6.45) is 3.64. The summed E-state index contributed by atoms with van der Waals surface area (Å²) in [5, 5.41) is 12.7. The third-order valence-corrected chi connectivity index (χ3v) is 5.03. The molecule has 0 bridgehead atoms. The number of amides is 3. The van der Waals surface area contributed by atoms with Crippen LogP contribution in [0.3, 0.4) is 0 Å². The summed E-state index contributed by atoms with van der Waals surface area (Å²) in [5.74, 6) is -0.156. The molecule has 0 unspecified atom stereocenters. The molecule has 7 heteroatoms. The number of hydrogen-bond acceptors (Lipinski definition) is 3. The van der Waals surface area contributed by atoms with Gasteiger partial charge < -0.3 is 16.0 Å². The minimum atomic E-state index is -0.322. The van der Waals surface area contributed by atoms with Gasteiger partial charge in [-0.15, -0.1) is 0 Å². The number of hydrogen-bond donors (Lipinski definition) is 3. The van der Waals surface area contributed by atoms with Gasteiger partial charge in [-0.25, -0.2) is 4.79 Å². The predicted octanol–water partition coefficient (Wildman–Crippen LogP) is 4.81. The van der Waals surface area contributed by atoms with E-state index in [4.69, 9.17) is 0 Å². The summed E-state index contributed by atoms with van der Waals surface area (Å²) in [5.41, 5.74) is 4.98. The number of carbonyl (C=O) groups is 2. The maximum atomic E-state index is 12.5. The fraction of sp³-hybridized carbons (Fsp3) is 0.115.